The van der Waals surface area contributed by atoms with Gasteiger partial charge in [0, 0.05) is 17.6 Å². The zero-order chi connectivity index (χ0) is 21.2. The molecule has 29 heavy (non-hydrogen) atoms. The average Bonchev–Trinajstić information content (AvgIpc) is 2.72. The summed E-state index contributed by atoms with van der Waals surface area (Å²) in [5, 5.41) is 3.49. The number of nitrogens with zero attached hydrogens (tertiary/aromatic N) is 1. The van der Waals surface area contributed by atoms with Crippen LogP contribution in [0.2, 0.25) is 5.02 Å². The third-order valence-electron chi connectivity index (χ3n) is 4.81. The van der Waals surface area contributed by atoms with Gasteiger partial charge in [0.25, 0.3) is 5.91 Å². The van der Waals surface area contributed by atoms with Gasteiger partial charge in [-0.1, -0.05) is 54.9 Å². The molecule has 0 radical (unpaired) electrons. The Kier molecular flexibility index (Phi) is 9.00. The summed E-state index contributed by atoms with van der Waals surface area (Å²) in [6, 6.07) is 16.3. The van der Waals surface area contributed by atoms with Crippen LogP contribution < -0.4 is 10.1 Å². The van der Waals surface area contributed by atoms with Gasteiger partial charge in [-0.2, -0.15) is 0 Å². The molecule has 156 valence electrons. The number of carbonyl (C=O) groups is 2. The molecule has 2 amide bonds. The first kappa shape index (κ1) is 22.8. The molecule has 1 N–H and O–H groups in total. The summed E-state index contributed by atoms with van der Waals surface area (Å²) in [5.74, 6) is 0.113. The van der Waals surface area contributed by atoms with Gasteiger partial charge in [0.15, 0.2) is 6.61 Å². The highest BCUT2D eigenvalue weighted by molar-refractivity contribution is 6.30. The van der Waals surface area contributed by atoms with Crippen LogP contribution in [0.25, 0.3) is 0 Å². The summed E-state index contributed by atoms with van der Waals surface area (Å²) < 4.78 is 5.61. The predicted octanol–water partition coefficient (Wildman–Crippen LogP) is 4.09. The molecule has 0 aliphatic carbocycles. The van der Waals surface area contributed by atoms with Crippen LogP contribution in [-0.2, 0) is 16.0 Å². The van der Waals surface area contributed by atoms with Crippen molar-refractivity contribution in [3.63, 3.8) is 0 Å². The third kappa shape index (κ3) is 7.42. The van der Waals surface area contributed by atoms with Crippen LogP contribution in [0, 0.1) is 0 Å². The molecule has 0 saturated heterocycles. The highest BCUT2D eigenvalue weighted by atomic mass is 35.5. The van der Waals surface area contributed by atoms with Crippen LogP contribution in [0.1, 0.15) is 32.8 Å². The van der Waals surface area contributed by atoms with E-state index in [0.717, 1.165) is 12.0 Å². The van der Waals surface area contributed by atoms with Crippen molar-refractivity contribution in [2.75, 3.05) is 13.2 Å². The SMILES string of the molecule is CC[C@H](C)NC(=O)[C@H](C)N(CCc1ccccc1)C(=O)COc1cccc(Cl)c1. The summed E-state index contributed by atoms with van der Waals surface area (Å²) in [5.41, 5.74) is 1.11. The second-order valence-electron chi connectivity index (χ2n) is 7.06. The molecule has 0 unspecified atom stereocenters. The molecule has 2 aromatic rings. The number of ether oxygens (including phenoxy) is 1. The Morgan fingerprint density at radius 3 is 2.48 bits per heavy atom. The Bertz CT molecular complexity index is 798. The van der Waals surface area contributed by atoms with Crippen molar-refractivity contribution in [2.45, 2.75) is 45.7 Å². The minimum absolute atomic E-state index is 0.0544. The van der Waals surface area contributed by atoms with Gasteiger partial charge in [-0.3, -0.25) is 9.59 Å². The van der Waals surface area contributed by atoms with E-state index in [1.165, 1.54) is 0 Å². The van der Waals surface area contributed by atoms with Crippen LogP contribution >= 0.6 is 11.6 Å². The van der Waals surface area contributed by atoms with Crippen molar-refractivity contribution < 1.29 is 14.3 Å². The molecule has 5 nitrogen and oxygen atoms in total. The molecule has 0 aliphatic rings. The summed E-state index contributed by atoms with van der Waals surface area (Å²) in [7, 11) is 0. The molecule has 0 aromatic heterocycles. The quantitative estimate of drug-likeness (QED) is 0.634. The topological polar surface area (TPSA) is 58.6 Å². The molecule has 0 aliphatic heterocycles. The predicted molar refractivity (Wildman–Crippen MR) is 116 cm³/mol. The fraction of sp³-hybridized carbons (Fsp3) is 0.391. The molecule has 0 heterocycles. The highest BCUT2D eigenvalue weighted by Gasteiger charge is 2.26. The van der Waals surface area contributed by atoms with Gasteiger partial charge in [-0.25, -0.2) is 0 Å². The zero-order valence-corrected chi connectivity index (χ0v) is 18.0. The van der Waals surface area contributed by atoms with Gasteiger partial charge in [0.2, 0.25) is 5.91 Å². The maximum Gasteiger partial charge on any atom is 0.261 e. The van der Waals surface area contributed by atoms with Gasteiger partial charge in [-0.05, 0) is 50.5 Å². The Morgan fingerprint density at radius 1 is 1.10 bits per heavy atom. The molecular formula is C23H29ClN2O3. The summed E-state index contributed by atoms with van der Waals surface area (Å²) in [6.07, 6.45) is 1.49. The number of carbonyl (C=O) groups excluding carboxylic acids is 2. The number of hydrogen-bond donors (Lipinski definition) is 1. The van der Waals surface area contributed by atoms with Crippen LogP contribution in [0.3, 0.4) is 0 Å². The Labute approximate surface area is 178 Å². The van der Waals surface area contributed by atoms with E-state index in [4.69, 9.17) is 16.3 Å². The first-order valence-corrected chi connectivity index (χ1v) is 10.3. The number of nitrogens with one attached hydrogen (secondary N) is 1. The van der Waals surface area contributed by atoms with Gasteiger partial charge >= 0.3 is 0 Å². The molecule has 2 atom stereocenters. The van der Waals surface area contributed by atoms with E-state index in [1.54, 1.807) is 36.1 Å². The van der Waals surface area contributed by atoms with Gasteiger partial charge in [0.05, 0.1) is 0 Å². The van der Waals surface area contributed by atoms with Crippen molar-refractivity contribution in [3.05, 3.63) is 65.2 Å². The number of benzene rings is 2. The molecule has 0 fully saturated rings. The minimum atomic E-state index is -0.594. The molecule has 6 heteroatoms. The fourth-order valence-corrected chi connectivity index (χ4v) is 3.00. The maximum absolute atomic E-state index is 12.9. The normalized spacial score (nSPS) is 12.7. The molecule has 2 aromatic carbocycles. The van der Waals surface area contributed by atoms with Crippen molar-refractivity contribution in [1.82, 2.24) is 10.2 Å². The van der Waals surface area contributed by atoms with Crippen LogP contribution in [0.4, 0.5) is 0 Å². The Hall–Kier alpha value is -2.53. The van der Waals surface area contributed by atoms with Gasteiger partial charge < -0.3 is 15.0 Å². The first-order chi connectivity index (χ1) is 13.9. The van der Waals surface area contributed by atoms with E-state index in [9.17, 15) is 9.59 Å². The molecule has 2 rings (SSSR count). The van der Waals surface area contributed by atoms with Gasteiger partial charge in [-0.15, -0.1) is 0 Å². The number of rotatable bonds is 10. The summed E-state index contributed by atoms with van der Waals surface area (Å²) in [4.78, 5) is 27.1. The lowest BCUT2D eigenvalue weighted by molar-refractivity contribution is -0.141. The van der Waals surface area contributed by atoms with Crippen molar-refractivity contribution in [3.8, 4) is 5.75 Å². The second kappa shape index (κ2) is 11.5. The van der Waals surface area contributed by atoms with E-state index < -0.39 is 6.04 Å². The van der Waals surface area contributed by atoms with Crippen molar-refractivity contribution in [2.24, 2.45) is 0 Å². The smallest absolute Gasteiger partial charge is 0.261 e. The number of amides is 2. The number of hydrogen-bond acceptors (Lipinski definition) is 3. The fourth-order valence-electron chi connectivity index (χ4n) is 2.82. The van der Waals surface area contributed by atoms with Gasteiger partial charge in [0.1, 0.15) is 11.8 Å². The van der Waals surface area contributed by atoms with Crippen LogP contribution in [0.5, 0.6) is 5.75 Å². The first-order valence-electron chi connectivity index (χ1n) is 9.92. The number of halogens is 1. The van der Waals surface area contributed by atoms with E-state index in [0.29, 0.717) is 23.7 Å². The van der Waals surface area contributed by atoms with E-state index >= 15 is 0 Å². The molecule has 0 bridgehead atoms. The van der Waals surface area contributed by atoms with E-state index in [-0.39, 0.29) is 24.5 Å². The maximum atomic E-state index is 12.9. The third-order valence-corrected chi connectivity index (χ3v) is 5.05. The van der Waals surface area contributed by atoms with Crippen LogP contribution in [0.15, 0.2) is 54.6 Å². The van der Waals surface area contributed by atoms with E-state index in [1.807, 2.05) is 44.2 Å². The summed E-state index contributed by atoms with van der Waals surface area (Å²) >= 11 is 5.97. The monoisotopic (exact) mass is 416 g/mol. The van der Waals surface area contributed by atoms with Crippen molar-refractivity contribution in [1.29, 1.82) is 0 Å². The lowest BCUT2D eigenvalue weighted by atomic mass is 10.1. The highest BCUT2D eigenvalue weighted by Crippen LogP contribution is 2.17. The largest absolute Gasteiger partial charge is 0.484 e. The molecule has 0 spiro atoms. The Morgan fingerprint density at radius 2 is 1.83 bits per heavy atom. The average molecular weight is 417 g/mol. The lowest BCUT2D eigenvalue weighted by Crippen LogP contribution is -2.51. The summed E-state index contributed by atoms with van der Waals surface area (Å²) in [6.45, 7) is 5.97. The Balaban J connectivity index is 2.07. The lowest BCUT2D eigenvalue weighted by Gasteiger charge is -2.29. The molecular weight excluding hydrogens is 388 g/mol. The minimum Gasteiger partial charge on any atom is -0.484 e. The second-order valence-corrected chi connectivity index (χ2v) is 7.50. The van der Waals surface area contributed by atoms with E-state index in [2.05, 4.69) is 5.32 Å². The molecule has 0 saturated carbocycles. The van der Waals surface area contributed by atoms with Crippen molar-refractivity contribution >= 4 is 23.4 Å². The van der Waals surface area contributed by atoms with Crippen LogP contribution in [-0.4, -0.2) is 41.9 Å². The zero-order valence-electron chi connectivity index (χ0n) is 17.2. The standard InChI is InChI=1S/C23H29ClN2O3/c1-4-17(2)25-23(28)18(3)26(14-13-19-9-6-5-7-10-19)22(27)16-29-21-12-8-11-20(24)15-21/h5-12,15,17-18H,4,13-14,16H2,1-3H3,(H,25,28)/t17-,18-/m0/s1.